The number of aromatic carboxylic acids is 1. The highest BCUT2D eigenvalue weighted by atomic mass is 79.9. The number of rotatable bonds is 3. The van der Waals surface area contributed by atoms with Gasteiger partial charge in [-0.25, -0.2) is 9.59 Å². The van der Waals surface area contributed by atoms with Gasteiger partial charge in [-0.1, -0.05) is 0 Å². The molecular weight excluding hydrogens is 288 g/mol. The molecule has 0 unspecified atom stereocenters. The van der Waals surface area contributed by atoms with Gasteiger partial charge in [0.2, 0.25) is 0 Å². The number of amides is 2. The van der Waals surface area contributed by atoms with E-state index in [0.717, 1.165) is 0 Å². The minimum Gasteiger partial charge on any atom is -0.478 e. The number of halogens is 1. The number of benzene rings is 1. The van der Waals surface area contributed by atoms with Crippen LogP contribution in [-0.4, -0.2) is 23.1 Å². The molecule has 5 nitrogen and oxygen atoms in total. The number of carbonyl (C=O) groups excluding carboxylic acids is 1. The summed E-state index contributed by atoms with van der Waals surface area (Å²) in [5, 5.41) is 14.1. The first kappa shape index (κ1) is 13.5. The van der Waals surface area contributed by atoms with Crippen LogP contribution < -0.4 is 10.6 Å². The second kappa shape index (κ2) is 5.67. The monoisotopic (exact) mass is 300 g/mol. The van der Waals surface area contributed by atoms with Crippen LogP contribution in [0, 0.1) is 0 Å². The first-order valence-electron chi connectivity index (χ1n) is 5.00. The summed E-state index contributed by atoms with van der Waals surface area (Å²) in [6.07, 6.45) is 0. The van der Waals surface area contributed by atoms with E-state index in [9.17, 15) is 9.59 Å². The van der Waals surface area contributed by atoms with E-state index in [-0.39, 0.29) is 17.6 Å². The van der Waals surface area contributed by atoms with Gasteiger partial charge in [0, 0.05) is 16.2 Å². The van der Waals surface area contributed by atoms with Crippen LogP contribution >= 0.6 is 15.9 Å². The Morgan fingerprint density at radius 1 is 1.35 bits per heavy atom. The van der Waals surface area contributed by atoms with Gasteiger partial charge >= 0.3 is 12.0 Å². The highest BCUT2D eigenvalue weighted by molar-refractivity contribution is 9.10. The SMILES string of the molecule is CC(C)NC(=O)Nc1ccc(Br)c(C(=O)O)c1. The van der Waals surface area contributed by atoms with Gasteiger partial charge in [0.15, 0.2) is 0 Å². The van der Waals surface area contributed by atoms with Crippen molar-refractivity contribution < 1.29 is 14.7 Å². The second-order valence-electron chi connectivity index (χ2n) is 3.75. The third kappa shape index (κ3) is 4.07. The van der Waals surface area contributed by atoms with Crippen molar-refractivity contribution in [3.63, 3.8) is 0 Å². The van der Waals surface area contributed by atoms with Crippen LogP contribution in [0.15, 0.2) is 22.7 Å². The van der Waals surface area contributed by atoms with Gasteiger partial charge in [0.1, 0.15) is 0 Å². The van der Waals surface area contributed by atoms with Gasteiger partial charge in [0.05, 0.1) is 5.56 Å². The highest BCUT2D eigenvalue weighted by Gasteiger charge is 2.10. The molecule has 1 aromatic rings. The Bertz CT molecular complexity index is 446. The summed E-state index contributed by atoms with van der Waals surface area (Å²) in [6.45, 7) is 3.67. The lowest BCUT2D eigenvalue weighted by atomic mass is 10.2. The summed E-state index contributed by atoms with van der Waals surface area (Å²) in [4.78, 5) is 22.3. The molecule has 92 valence electrons. The van der Waals surface area contributed by atoms with Crippen LogP contribution in [-0.2, 0) is 0 Å². The van der Waals surface area contributed by atoms with E-state index in [2.05, 4.69) is 26.6 Å². The maximum absolute atomic E-state index is 11.4. The number of carboxylic acid groups (broad SMARTS) is 1. The summed E-state index contributed by atoms with van der Waals surface area (Å²) in [7, 11) is 0. The highest BCUT2D eigenvalue weighted by Crippen LogP contribution is 2.21. The second-order valence-corrected chi connectivity index (χ2v) is 4.61. The van der Waals surface area contributed by atoms with Crippen molar-refractivity contribution in [2.24, 2.45) is 0 Å². The lowest BCUT2D eigenvalue weighted by molar-refractivity contribution is 0.0696. The molecule has 1 aromatic carbocycles. The molecule has 0 aliphatic rings. The van der Waals surface area contributed by atoms with Gasteiger partial charge < -0.3 is 15.7 Å². The summed E-state index contributed by atoms with van der Waals surface area (Å²) >= 11 is 3.13. The van der Waals surface area contributed by atoms with Gasteiger partial charge in [-0.3, -0.25) is 0 Å². The normalized spacial score (nSPS) is 10.1. The van der Waals surface area contributed by atoms with E-state index < -0.39 is 5.97 Å². The maximum Gasteiger partial charge on any atom is 0.336 e. The fourth-order valence-corrected chi connectivity index (χ4v) is 1.61. The lowest BCUT2D eigenvalue weighted by Gasteiger charge is -2.10. The molecule has 0 aromatic heterocycles. The molecule has 0 heterocycles. The zero-order valence-corrected chi connectivity index (χ0v) is 11.0. The van der Waals surface area contributed by atoms with Gasteiger partial charge in [-0.2, -0.15) is 0 Å². The van der Waals surface area contributed by atoms with Gasteiger partial charge in [-0.05, 0) is 48.0 Å². The van der Waals surface area contributed by atoms with Crippen LogP contribution in [0.2, 0.25) is 0 Å². The average Bonchev–Trinajstić information content (AvgIpc) is 2.19. The predicted molar refractivity (Wildman–Crippen MR) is 68.4 cm³/mol. The molecule has 1 rings (SSSR count). The fourth-order valence-electron chi connectivity index (χ4n) is 1.20. The molecule has 0 radical (unpaired) electrons. The predicted octanol–water partition coefficient (Wildman–Crippen LogP) is 2.68. The first-order valence-corrected chi connectivity index (χ1v) is 5.80. The molecule has 0 aliphatic carbocycles. The standard InChI is InChI=1S/C11H13BrN2O3/c1-6(2)13-11(17)14-7-3-4-9(12)8(5-7)10(15)16/h3-6H,1-2H3,(H,15,16)(H2,13,14,17). The number of urea groups is 1. The van der Waals surface area contributed by atoms with Crippen molar-refractivity contribution in [2.45, 2.75) is 19.9 Å². The molecule has 2 amide bonds. The van der Waals surface area contributed by atoms with Gasteiger partial charge in [-0.15, -0.1) is 0 Å². The topological polar surface area (TPSA) is 78.4 Å². The summed E-state index contributed by atoms with van der Waals surface area (Å²) in [5.41, 5.74) is 0.538. The number of hydrogen-bond donors (Lipinski definition) is 3. The van der Waals surface area contributed by atoms with Crippen molar-refractivity contribution in [3.05, 3.63) is 28.2 Å². The molecule has 3 N–H and O–H groups in total. The third-order valence-electron chi connectivity index (χ3n) is 1.87. The van der Waals surface area contributed by atoms with Crippen molar-refractivity contribution in [1.82, 2.24) is 5.32 Å². The van der Waals surface area contributed by atoms with E-state index in [1.54, 1.807) is 12.1 Å². The van der Waals surface area contributed by atoms with Crippen molar-refractivity contribution >= 4 is 33.6 Å². The largest absolute Gasteiger partial charge is 0.478 e. The first-order chi connectivity index (χ1) is 7.90. The molecule has 0 bridgehead atoms. The zero-order valence-electron chi connectivity index (χ0n) is 9.45. The van der Waals surface area contributed by atoms with E-state index in [0.29, 0.717) is 10.2 Å². The van der Waals surface area contributed by atoms with E-state index in [4.69, 9.17) is 5.11 Å². The number of anilines is 1. The van der Waals surface area contributed by atoms with Crippen molar-refractivity contribution in [3.8, 4) is 0 Å². The molecule has 0 fully saturated rings. The van der Waals surface area contributed by atoms with Crippen LogP contribution in [0.25, 0.3) is 0 Å². The zero-order chi connectivity index (χ0) is 13.0. The number of carbonyl (C=O) groups is 2. The smallest absolute Gasteiger partial charge is 0.336 e. The fraction of sp³-hybridized carbons (Fsp3) is 0.273. The summed E-state index contributed by atoms with van der Waals surface area (Å²) < 4.78 is 0.472. The van der Waals surface area contributed by atoms with E-state index in [1.807, 2.05) is 13.8 Å². The quantitative estimate of drug-likeness (QED) is 0.803. The summed E-state index contributed by atoms with van der Waals surface area (Å²) in [6, 6.07) is 4.25. The molecule has 0 atom stereocenters. The molecule has 17 heavy (non-hydrogen) atoms. The Morgan fingerprint density at radius 2 is 2.00 bits per heavy atom. The van der Waals surface area contributed by atoms with Crippen LogP contribution in [0.5, 0.6) is 0 Å². The Balaban J connectivity index is 2.82. The maximum atomic E-state index is 11.4. The van der Waals surface area contributed by atoms with E-state index in [1.165, 1.54) is 6.07 Å². The third-order valence-corrected chi connectivity index (χ3v) is 2.57. The minimum atomic E-state index is -1.05. The molecule has 0 saturated heterocycles. The van der Waals surface area contributed by atoms with E-state index >= 15 is 0 Å². The molecule has 0 spiro atoms. The number of nitrogens with one attached hydrogen (secondary N) is 2. The number of carboxylic acids is 1. The summed E-state index contributed by atoms with van der Waals surface area (Å²) in [5.74, 6) is -1.05. The number of hydrogen-bond acceptors (Lipinski definition) is 2. The van der Waals surface area contributed by atoms with Crippen LogP contribution in [0.1, 0.15) is 24.2 Å². The molecule has 0 saturated carbocycles. The Hall–Kier alpha value is -1.56. The Kier molecular flexibility index (Phi) is 4.51. The molecule has 0 aliphatic heterocycles. The van der Waals surface area contributed by atoms with Crippen molar-refractivity contribution in [1.29, 1.82) is 0 Å². The minimum absolute atomic E-state index is 0.0180. The van der Waals surface area contributed by atoms with Crippen molar-refractivity contribution in [2.75, 3.05) is 5.32 Å². The molecule has 6 heteroatoms. The Morgan fingerprint density at radius 3 is 2.53 bits per heavy atom. The van der Waals surface area contributed by atoms with Crippen LogP contribution in [0.3, 0.4) is 0 Å². The molecular formula is C11H13BrN2O3. The average molecular weight is 301 g/mol. The van der Waals surface area contributed by atoms with Crippen LogP contribution in [0.4, 0.5) is 10.5 Å². The lowest BCUT2D eigenvalue weighted by Crippen LogP contribution is -2.34. The van der Waals surface area contributed by atoms with Gasteiger partial charge in [0.25, 0.3) is 0 Å². The Labute approximate surface area is 107 Å².